The second kappa shape index (κ2) is 6.73. The van der Waals surface area contributed by atoms with E-state index < -0.39 is 12.0 Å². The van der Waals surface area contributed by atoms with E-state index in [0.717, 1.165) is 0 Å². The minimum atomic E-state index is -1.00. The van der Waals surface area contributed by atoms with E-state index in [1.165, 1.54) is 6.33 Å². The average Bonchev–Trinajstić information content (AvgIpc) is 2.77. The third-order valence-electron chi connectivity index (χ3n) is 2.39. The molecule has 1 heterocycles. The van der Waals surface area contributed by atoms with Gasteiger partial charge in [0.1, 0.15) is 18.2 Å². The van der Waals surface area contributed by atoms with Gasteiger partial charge in [0.05, 0.1) is 0 Å². The first-order chi connectivity index (χ1) is 8.49. The van der Waals surface area contributed by atoms with Crippen molar-refractivity contribution in [3.63, 3.8) is 0 Å². The van der Waals surface area contributed by atoms with Crippen LogP contribution in [0.4, 0.5) is 0 Å². The number of rotatable bonds is 7. The Bertz CT molecular complexity index is 389. The number of hydrogen-bond acceptors (Lipinski definition) is 4. The van der Waals surface area contributed by atoms with Crippen LogP contribution in [-0.2, 0) is 16.0 Å². The molecule has 0 aliphatic carbocycles. The van der Waals surface area contributed by atoms with Crippen molar-refractivity contribution in [1.29, 1.82) is 0 Å². The van der Waals surface area contributed by atoms with Gasteiger partial charge in [-0.1, -0.05) is 13.8 Å². The van der Waals surface area contributed by atoms with Crippen LogP contribution in [0.1, 0.15) is 32.5 Å². The van der Waals surface area contributed by atoms with E-state index in [4.69, 9.17) is 5.11 Å². The molecule has 0 aromatic carbocycles. The zero-order valence-electron chi connectivity index (χ0n) is 10.5. The Balaban J connectivity index is 2.39. The van der Waals surface area contributed by atoms with Crippen LogP contribution in [0.15, 0.2) is 6.33 Å². The maximum Gasteiger partial charge on any atom is 0.326 e. The van der Waals surface area contributed by atoms with Crippen LogP contribution in [-0.4, -0.2) is 38.2 Å². The van der Waals surface area contributed by atoms with Crippen LogP contribution >= 0.6 is 0 Å². The van der Waals surface area contributed by atoms with E-state index in [1.807, 2.05) is 13.8 Å². The van der Waals surface area contributed by atoms with Crippen LogP contribution in [0.5, 0.6) is 0 Å². The molecule has 1 aromatic heterocycles. The van der Waals surface area contributed by atoms with Gasteiger partial charge in [-0.05, 0) is 12.3 Å². The van der Waals surface area contributed by atoms with Crippen molar-refractivity contribution in [2.24, 2.45) is 5.92 Å². The summed E-state index contributed by atoms with van der Waals surface area (Å²) in [5.74, 6) is -0.474. The Morgan fingerprint density at radius 3 is 2.72 bits per heavy atom. The van der Waals surface area contributed by atoms with Crippen molar-refractivity contribution in [2.75, 3.05) is 0 Å². The molecule has 0 spiro atoms. The lowest BCUT2D eigenvalue weighted by molar-refractivity contribution is -0.142. The number of carboxylic acid groups (broad SMARTS) is 1. The zero-order chi connectivity index (χ0) is 13.5. The SMILES string of the molecule is CC(C)C[C@@H](NC(=O)CCc1ncn[nH]1)C(=O)O. The maximum atomic E-state index is 11.6. The second-order valence-corrected chi connectivity index (χ2v) is 4.52. The molecule has 0 unspecified atom stereocenters. The third-order valence-corrected chi connectivity index (χ3v) is 2.39. The normalized spacial score (nSPS) is 12.4. The highest BCUT2D eigenvalue weighted by atomic mass is 16.4. The fraction of sp³-hybridized carbons (Fsp3) is 0.636. The molecule has 1 aromatic rings. The molecule has 18 heavy (non-hydrogen) atoms. The van der Waals surface area contributed by atoms with Crippen molar-refractivity contribution in [3.05, 3.63) is 12.2 Å². The van der Waals surface area contributed by atoms with E-state index >= 15 is 0 Å². The van der Waals surface area contributed by atoms with Crippen LogP contribution < -0.4 is 5.32 Å². The van der Waals surface area contributed by atoms with E-state index in [9.17, 15) is 9.59 Å². The number of carbonyl (C=O) groups excluding carboxylic acids is 1. The number of carbonyl (C=O) groups is 2. The number of nitrogens with one attached hydrogen (secondary N) is 2. The Labute approximate surface area is 105 Å². The molecule has 0 bridgehead atoms. The van der Waals surface area contributed by atoms with Crippen molar-refractivity contribution in [3.8, 4) is 0 Å². The Morgan fingerprint density at radius 1 is 1.50 bits per heavy atom. The molecule has 7 nitrogen and oxygen atoms in total. The first-order valence-corrected chi connectivity index (χ1v) is 5.85. The van der Waals surface area contributed by atoms with Gasteiger partial charge in [-0.3, -0.25) is 9.89 Å². The molecule has 1 amide bonds. The number of aliphatic carboxylic acids is 1. The molecule has 0 aliphatic rings. The fourth-order valence-corrected chi connectivity index (χ4v) is 1.54. The fourth-order valence-electron chi connectivity index (χ4n) is 1.54. The minimum Gasteiger partial charge on any atom is -0.480 e. The van der Waals surface area contributed by atoms with Crippen LogP contribution in [0.25, 0.3) is 0 Å². The number of H-pyrrole nitrogens is 1. The highest BCUT2D eigenvalue weighted by molar-refractivity contribution is 5.83. The Kier molecular flexibility index (Phi) is 5.29. The second-order valence-electron chi connectivity index (χ2n) is 4.52. The van der Waals surface area contributed by atoms with Gasteiger partial charge in [0, 0.05) is 12.8 Å². The summed E-state index contributed by atoms with van der Waals surface area (Å²) in [6, 6.07) is -0.827. The van der Waals surface area contributed by atoms with Gasteiger partial charge in [0.2, 0.25) is 5.91 Å². The van der Waals surface area contributed by atoms with Crippen molar-refractivity contribution in [1.82, 2.24) is 20.5 Å². The summed E-state index contributed by atoms with van der Waals surface area (Å²) in [6.07, 6.45) is 2.40. The van der Waals surface area contributed by atoms with E-state index in [0.29, 0.717) is 18.7 Å². The van der Waals surface area contributed by atoms with Gasteiger partial charge >= 0.3 is 5.97 Å². The van der Waals surface area contributed by atoms with Crippen molar-refractivity contribution >= 4 is 11.9 Å². The lowest BCUT2D eigenvalue weighted by Crippen LogP contribution is -2.41. The summed E-state index contributed by atoms with van der Waals surface area (Å²) in [4.78, 5) is 26.4. The maximum absolute atomic E-state index is 11.6. The molecular weight excluding hydrogens is 236 g/mol. The van der Waals surface area contributed by atoms with Crippen molar-refractivity contribution < 1.29 is 14.7 Å². The molecule has 1 rings (SSSR count). The van der Waals surface area contributed by atoms with Gasteiger partial charge in [-0.2, -0.15) is 5.10 Å². The van der Waals surface area contributed by atoms with Gasteiger partial charge in [-0.15, -0.1) is 0 Å². The van der Waals surface area contributed by atoms with Crippen LogP contribution in [0.3, 0.4) is 0 Å². The summed E-state index contributed by atoms with van der Waals surface area (Å²) in [7, 11) is 0. The van der Waals surface area contributed by atoms with Gasteiger partial charge < -0.3 is 10.4 Å². The summed E-state index contributed by atoms with van der Waals surface area (Å²) < 4.78 is 0. The summed E-state index contributed by atoms with van der Waals surface area (Å²) >= 11 is 0. The molecule has 0 fully saturated rings. The minimum absolute atomic E-state index is 0.192. The van der Waals surface area contributed by atoms with E-state index in [-0.39, 0.29) is 18.2 Å². The van der Waals surface area contributed by atoms with Crippen molar-refractivity contribution in [2.45, 2.75) is 39.2 Å². The van der Waals surface area contributed by atoms with Crippen LogP contribution in [0, 0.1) is 5.92 Å². The van der Waals surface area contributed by atoms with E-state index in [2.05, 4.69) is 20.5 Å². The Morgan fingerprint density at radius 2 is 2.22 bits per heavy atom. The smallest absolute Gasteiger partial charge is 0.326 e. The van der Waals surface area contributed by atoms with Gasteiger partial charge in [0.15, 0.2) is 0 Å². The first kappa shape index (κ1) is 14.1. The zero-order valence-corrected chi connectivity index (χ0v) is 10.5. The molecule has 0 saturated heterocycles. The van der Waals surface area contributed by atoms with E-state index in [1.54, 1.807) is 0 Å². The molecule has 7 heteroatoms. The molecule has 0 aliphatic heterocycles. The predicted molar refractivity (Wildman–Crippen MR) is 63.7 cm³/mol. The van der Waals surface area contributed by atoms with Gasteiger partial charge in [0.25, 0.3) is 0 Å². The molecule has 100 valence electrons. The lowest BCUT2D eigenvalue weighted by atomic mass is 10.0. The number of carboxylic acids is 1. The molecule has 0 radical (unpaired) electrons. The number of nitrogens with zero attached hydrogens (tertiary/aromatic N) is 2. The van der Waals surface area contributed by atoms with Gasteiger partial charge in [-0.25, -0.2) is 9.78 Å². The van der Waals surface area contributed by atoms with Crippen LogP contribution in [0.2, 0.25) is 0 Å². The first-order valence-electron chi connectivity index (χ1n) is 5.85. The number of aromatic nitrogens is 3. The average molecular weight is 254 g/mol. The highest BCUT2D eigenvalue weighted by Gasteiger charge is 2.20. The number of hydrogen-bond donors (Lipinski definition) is 3. The quantitative estimate of drug-likeness (QED) is 0.650. The largest absolute Gasteiger partial charge is 0.480 e. The standard InChI is InChI=1S/C11H18N4O3/c1-7(2)5-8(11(17)18)14-10(16)4-3-9-12-6-13-15-9/h6-8H,3-5H2,1-2H3,(H,14,16)(H,17,18)(H,12,13,15)/t8-/m1/s1. The topological polar surface area (TPSA) is 108 Å². The lowest BCUT2D eigenvalue weighted by Gasteiger charge is -2.16. The number of aryl methyl sites for hydroxylation is 1. The Hall–Kier alpha value is -1.92. The number of amides is 1. The number of aromatic amines is 1. The molecule has 1 atom stereocenters. The third kappa shape index (κ3) is 4.94. The predicted octanol–water partition coefficient (Wildman–Crippen LogP) is 0.353. The summed E-state index contributed by atoms with van der Waals surface area (Å²) in [6.45, 7) is 3.83. The molecule has 3 N–H and O–H groups in total. The summed E-state index contributed by atoms with van der Waals surface area (Å²) in [5.41, 5.74) is 0. The summed E-state index contributed by atoms with van der Waals surface area (Å²) in [5, 5.41) is 17.8. The monoisotopic (exact) mass is 254 g/mol. The molecule has 0 saturated carbocycles. The molecular formula is C11H18N4O3. The highest BCUT2D eigenvalue weighted by Crippen LogP contribution is 2.05.